The smallest absolute Gasteiger partial charge is 0.159 e. The Hall–Kier alpha value is -5.29. The number of pyridine rings is 1. The number of nitrogens with zero attached hydrogens (tertiary/aromatic N) is 2. The van der Waals surface area contributed by atoms with E-state index in [4.69, 9.17) is 9.52 Å². The third-order valence-electron chi connectivity index (χ3n) is 8.29. The molecule has 0 spiro atoms. The van der Waals surface area contributed by atoms with Crippen LogP contribution in [0.15, 0.2) is 132 Å². The summed E-state index contributed by atoms with van der Waals surface area (Å²) in [5.41, 5.74) is 9.61. The van der Waals surface area contributed by atoms with Gasteiger partial charge in [-0.15, -0.1) is 23.8 Å². The van der Waals surface area contributed by atoms with Crippen molar-refractivity contribution < 1.29 is 34.4 Å². The molecule has 4 aromatic heterocycles. The van der Waals surface area contributed by atoms with E-state index >= 15 is 0 Å². The third kappa shape index (κ3) is 4.74. The molecule has 9 rings (SSSR count). The topological polar surface area (TPSA) is 67.7 Å². The number of hydrogen-bond donors (Lipinski definition) is 1. The SMILES string of the molecule is CC(=O)/C=C(/C)O.[Ir].[c-]1cc2c(cc1-c1ccccn1)c1cc(-c3ccccc3)cc3c4ccc5c6ccccc6oc5c4n2c13. The molecule has 5 nitrogen and oxygen atoms in total. The summed E-state index contributed by atoms with van der Waals surface area (Å²) in [5, 5.41) is 15.5. The van der Waals surface area contributed by atoms with E-state index in [0.29, 0.717) is 0 Å². The van der Waals surface area contributed by atoms with E-state index in [1.165, 1.54) is 58.1 Å². The first-order valence-electron chi connectivity index (χ1n) is 14.8. The van der Waals surface area contributed by atoms with Crippen LogP contribution in [0.25, 0.3) is 82.4 Å². The minimum atomic E-state index is -0.125. The predicted octanol–water partition coefficient (Wildman–Crippen LogP) is 10.3. The maximum atomic E-state index is 10.0. The summed E-state index contributed by atoms with van der Waals surface area (Å²) in [6.45, 7) is 2.85. The number of furan rings is 1. The number of aliphatic hydroxyl groups excluding tert-OH is 1. The Morgan fingerprint density at radius 2 is 1.48 bits per heavy atom. The summed E-state index contributed by atoms with van der Waals surface area (Å²) in [5.74, 6) is -0.0625. The molecule has 5 aromatic carbocycles. The summed E-state index contributed by atoms with van der Waals surface area (Å²) in [7, 11) is 0. The Labute approximate surface area is 278 Å². The van der Waals surface area contributed by atoms with Gasteiger partial charge in [-0.05, 0) is 71.9 Å². The van der Waals surface area contributed by atoms with Gasteiger partial charge in [-0.1, -0.05) is 72.1 Å². The molecule has 225 valence electrons. The Bertz CT molecular complexity index is 2580. The number of hydrogen-bond acceptors (Lipinski definition) is 4. The molecule has 0 fully saturated rings. The third-order valence-corrected chi connectivity index (χ3v) is 8.29. The van der Waals surface area contributed by atoms with E-state index in [1.807, 2.05) is 36.5 Å². The fraction of sp³-hybridized carbons (Fsp3) is 0.0500. The van der Waals surface area contributed by atoms with Gasteiger partial charge in [-0.25, -0.2) is 0 Å². The molecule has 9 aromatic rings. The molecule has 1 N–H and O–H groups in total. The van der Waals surface area contributed by atoms with Crippen LogP contribution < -0.4 is 0 Å². The molecular weight excluding hydrogens is 749 g/mol. The second-order valence-electron chi connectivity index (χ2n) is 11.3. The minimum absolute atomic E-state index is 0. The number of benzene rings is 5. The molecule has 0 saturated carbocycles. The molecular formula is C40H27IrN2O3-. The minimum Gasteiger partial charge on any atom is -0.512 e. The first-order valence-corrected chi connectivity index (χ1v) is 14.8. The molecule has 0 bridgehead atoms. The molecule has 0 unspecified atom stereocenters. The summed E-state index contributed by atoms with van der Waals surface area (Å²) in [6.07, 6.45) is 3.00. The molecule has 0 aliphatic carbocycles. The Morgan fingerprint density at radius 1 is 0.761 bits per heavy atom. The van der Waals surface area contributed by atoms with Gasteiger partial charge in [0.15, 0.2) is 11.4 Å². The number of fused-ring (bicyclic) bond motifs is 10. The van der Waals surface area contributed by atoms with Crippen molar-refractivity contribution in [1.82, 2.24) is 9.38 Å². The number of carbonyl (C=O) groups excluding carboxylic acids is 1. The van der Waals surface area contributed by atoms with Crippen molar-refractivity contribution in [2.24, 2.45) is 0 Å². The maximum Gasteiger partial charge on any atom is 0.159 e. The van der Waals surface area contributed by atoms with Gasteiger partial charge in [0.25, 0.3) is 0 Å². The van der Waals surface area contributed by atoms with Crippen molar-refractivity contribution in [3.05, 3.63) is 133 Å². The van der Waals surface area contributed by atoms with Gasteiger partial charge < -0.3 is 18.9 Å². The monoisotopic (exact) mass is 776 g/mol. The molecule has 46 heavy (non-hydrogen) atoms. The summed E-state index contributed by atoms with van der Waals surface area (Å²) >= 11 is 0. The van der Waals surface area contributed by atoms with Gasteiger partial charge in [0.2, 0.25) is 0 Å². The first kappa shape index (κ1) is 29.4. The molecule has 6 heteroatoms. The van der Waals surface area contributed by atoms with E-state index in [0.717, 1.165) is 44.2 Å². The van der Waals surface area contributed by atoms with Crippen LogP contribution in [0.1, 0.15) is 13.8 Å². The number of carbonyl (C=O) groups is 1. The van der Waals surface area contributed by atoms with Crippen molar-refractivity contribution in [3.8, 4) is 22.4 Å². The van der Waals surface area contributed by atoms with Crippen LogP contribution >= 0.6 is 0 Å². The first-order chi connectivity index (χ1) is 22.0. The molecule has 0 amide bonds. The quantitative estimate of drug-likeness (QED) is 0.110. The number of ketones is 1. The zero-order chi connectivity index (χ0) is 30.7. The second kappa shape index (κ2) is 11.6. The normalized spacial score (nSPS) is 11.8. The van der Waals surface area contributed by atoms with Crippen LogP contribution in [0, 0.1) is 6.07 Å². The maximum absolute atomic E-state index is 10.0. The van der Waals surface area contributed by atoms with Gasteiger partial charge >= 0.3 is 0 Å². The molecule has 1 radical (unpaired) electrons. The number of aliphatic hydroxyl groups is 1. The van der Waals surface area contributed by atoms with Crippen LogP contribution in [0.5, 0.6) is 0 Å². The van der Waals surface area contributed by atoms with E-state index in [2.05, 4.69) is 94.3 Å². The van der Waals surface area contributed by atoms with E-state index in [9.17, 15) is 4.79 Å². The second-order valence-corrected chi connectivity index (χ2v) is 11.3. The van der Waals surface area contributed by atoms with Crippen molar-refractivity contribution >= 4 is 65.8 Å². The average Bonchev–Trinajstić information content (AvgIpc) is 3.71. The van der Waals surface area contributed by atoms with E-state index in [1.54, 1.807) is 0 Å². The molecule has 4 heterocycles. The van der Waals surface area contributed by atoms with Crippen molar-refractivity contribution in [2.75, 3.05) is 0 Å². The van der Waals surface area contributed by atoms with E-state index < -0.39 is 0 Å². The van der Waals surface area contributed by atoms with Crippen molar-refractivity contribution in [1.29, 1.82) is 0 Å². The van der Waals surface area contributed by atoms with E-state index in [-0.39, 0.29) is 31.6 Å². The molecule has 0 aliphatic rings. The number of rotatable bonds is 3. The standard InChI is InChI=1S/C35H19N2O.C5H8O2.Ir/c1-2-8-21(9-3-1)23-19-28-25-14-15-26-24-10-4-5-12-32(24)38-35(26)34(25)37-31-16-13-22(30-11-6-7-17-36-30)18-27(31)29(20-23)33(28)37;1-4(6)3-5(2)7;/h1-12,14-20H;3,6H,1-2H3;/q-1;;/b;4-3-;. The van der Waals surface area contributed by atoms with Crippen LogP contribution in [0.3, 0.4) is 0 Å². The molecule has 0 atom stereocenters. The number of para-hydroxylation sites is 1. The van der Waals surface area contributed by atoms with Gasteiger partial charge in [-0.2, -0.15) is 0 Å². The zero-order valence-corrected chi connectivity index (χ0v) is 27.4. The van der Waals surface area contributed by atoms with Gasteiger partial charge in [0.1, 0.15) is 5.58 Å². The van der Waals surface area contributed by atoms with Gasteiger partial charge in [0.05, 0.1) is 16.8 Å². The number of aromatic nitrogens is 2. The Kier molecular flexibility index (Phi) is 7.40. The zero-order valence-electron chi connectivity index (χ0n) is 25.0. The average molecular weight is 776 g/mol. The van der Waals surface area contributed by atoms with Gasteiger partial charge in [-0.3, -0.25) is 4.79 Å². The van der Waals surface area contributed by atoms with Crippen molar-refractivity contribution in [3.63, 3.8) is 0 Å². The molecule has 0 saturated heterocycles. The Balaban J connectivity index is 0.000000384. The van der Waals surface area contributed by atoms with Crippen LogP contribution in [-0.4, -0.2) is 20.3 Å². The predicted molar refractivity (Wildman–Crippen MR) is 183 cm³/mol. The summed E-state index contributed by atoms with van der Waals surface area (Å²) < 4.78 is 8.93. The largest absolute Gasteiger partial charge is 0.512 e. The summed E-state index contributed by atoms with van der Waals surface area (Å²) in [6, 6.07) is 41.9. The van der Waals surface area contributed by atoms with Crippen LogP contribution in [0.4, 0.5) is 0 Å². The fourth-order valence-electron chi connectivity index (χ4n) is 6.50. The van der Waals surface area contributed by atoms with Crippen molar-refractivity contribution in [2.45, 2.75) is 13.8 Å². The van der Waals surface area contributed by atoms with Crippen LogP contribution in [0.2, 0.25) is 0 Å². The van der Waals surface area contributed by atoms with Gasteiger partial charge in [0, 0.05) is 53.9 Å². The summed E-state index contributed by atoms with van der Waals surface area (Å²) in [4.78, 5) is 14.6. The number of allylic oxidation sites excluding steroid dienone is 2. The fourth-order valence-corrected chi connectivity index (χ4v) is 6.50. The van der Waals surface area contributed by atoms with Crippen LogP contribution in [-0.2, 0) is 24.9 Å². The Morgan fingerprint density at radius 3 is 2.20 bits per heavy atom. The molecule has 0 aliphatic heterocycles.